The maximum absolute atomic E-state index is 12.7. The summed E-state index contributed by atoms with van der Waals surface area (Å²) in [5.74, 6) is -1.08. The molecule has 0 spiro atoms. The Kier molecular flexibility index (Phi) is 8.74. The smallest absolute Gasteiger partial charge is 0.234 e. The van der Waals surface area contributed by atoms with Crippen molar-refractivity contribution in [1.82, 2.24) is 14.7 Å². The van der Waals surface area contributed by atoms with Gasteiger partial charge in [-0.3, -0.25) is 4.72 Å². The second-order valence-electron chi connectivity index (χ2n) is 7.51. The van der Waals surface area contributed by atoms with Crippen LogP contribution in [-0.4, -0.2) is 72.5 Å². The van der Waals surface area contributed by atoms with Crippen molar-refractivity contribution in [1.29, 1.82) is 0 Å². The van der Waals surface area contributed by atoms with Gasteiger partial charge in [0.15, 0.2) is 16.5 Å². The fourth-order valence-corrected chi connectivity index (χ4v) is 5.84. The zero-order valence-electron chi connectivity index (χ0n) is 18.6. The van der Waals surface area contributed by atoms with Gasteiger partial charge in [0.25, 0.3) is 0 Å². The van der Waals surface area contributed by atoms with Gasteiger partial charge in [0.05, 0.1) is 47.1 Å². The zero-order chi connectivity index (χ0) is 25.6. The molecule has 1 atom stereocenters. The first-order valence-corrected chi connectivity index (χ1v) is 15.1. The summed E-state index contributed by atoms with van der Waals surface area (Å²) in [6.45, 7) is -0.185. The summed E-state index contributed by atoms with van der Waals surface area (Å²) in [5, 5.41) is 21.8. The van der Waals surface area contributed by atoms with Gasteiger partial charge < -0.3 is 20.1 Å². The van der Waals surface area contributed by atoms with Crippen LogP contribution in [-0.2, 0) is 31.2 Å². The van der Waals surface area contributed by atoms with E-state index in [0.717, 1.165) is 6.26 Å². The Balaban J connectivity index is 1.98. The number of nitrogens with zero attached hydrogens (tertiary/aromatic N) is 2. The Morgan fingerprint density at radius 2 is 1.66 bits per heavy atom. The van der Waals surface area contributed by atoms with E-state index in [2.05, 4.69) is 24.7 Å². The molecule has 5 N–H and O–H groups in total. The number of rotatable bonds is 12. The van der Waals surface area contributed by atoms with Crippen LogP contribution in [0, 0.1) is 0 Å². The second-order valence-corrected chi connectivity index (χ2v) is 12.9. The number of anilines is 3. The predicted octanol–water partition coefficient (Wildman–Crippen LogP) is 0.860. The van der Waals surface area contributed by atoms with Crippen LogP contribution in [0.2, 0.25) is 0 Å². The molecule has 35 heavy (non-hydrogen) atoms. The topological polar surface area (TPSA) is 194 Å². The summed E-state index contributed by atoms with van der Waals surface area (Å²) in [6.07, 6.45) is 0.917. The zero-order valence-corrected chi connectivity index (χ0v) is 21.1. The van der Waals surface area contributed by atoms with Crippen molar-refractivity contribution in [3.05, 3.63) is 42.5 Å². The Morgan fingerprint density at radius 1 is 1.00 bits per heavy atom. The molecule has 0 saturated heterocycles. The summed E-state index contributed by atoms with van der Waals surface area (Å²) in [5.41, 5.74) is 1.00. The van der Waals surface area contributed by atoms with E-state index in [9.17, 15) is 26.5 Å². The number of sulfonamides is 1. The van der Waals surface area contributed by atoms with Crippen LogP contribution in [0.4, 0.5) is 17.3 Å². The maximum atomic E-state index is 12.7. The van der Waals surface area contributed by atoms with E-state index in [1.165, 1.54) is 18.2 Å². The molecule has 1 heterocycles. The molecule has 0 saturated carbocycles. The molecule has 190 valence electrons. The molecule has 1 aromatic heterocycles. The quantitative estimate of drug-likeness (QED) is 0.203. The number of hydrogen-bond donors (Lipinski definition) is 5. The van der Waals surface area contributed by atoms with E-state index >= 15 is 0 Å². The number of aliphatic hydroxyl groups is 1. The van der Waals surface area contributed by atoms with Gasteiger partial charge in [-0.25, -0.2) is 26.8 Å². The van der Waals surface area contributed by atoms with Gasteiger partial charge in [-0.05, 0) is 24.6 Å². The van der Waals surface area contributed by atoms with Crippen molar-refractivity contribution in [2.45, 2.75) is 11.3 Å². The largest absolute Gasteiger partial charge is 0.593 e. The number of aliphatic hydroxyl groups excluding tert-OH is 1. The summed E-state index contributed by atoms with van der Waals surface area (Å²) >= 11 is -1.77. The van der Waals surface area contributed by atoms with Gasteiger partial charge in [0, 0.05) is 18.4 Å². The lowest BCUT2D eigenvalue weighted by molar-refractivity contribution is 0.301. The fourth-order valence-electron chi connectivity index (χ4n) is 2.99. The minimum atomic E-state index is -3.99. The van der Waals surface area contributed by atoms with Crippen molar-refractivity contribution in [2.24, 2.45) is 0 Å². The molecule has 2 aromatic carbocycles. The lowest BCUT2D eigenvalue weighted by Crippen LogP contribution is -2.27. The van der Waals surface area contributed by atoms with Crippen LogP contribution in [0.1, 0.15) is 6.42 Å². The normalized spacial score (nSPS) is 13.0. The van der Waals surface area contributed by atoms with Crippen LogP contribution in [0.5, 0.6) is 5.75 Å². The molecule has 0 fully saturated rings. The summed E-state index contributed by atoms with van der Waals surface area (Å²) in [4.78, 5) is 8.98. The molecule has 12 nitrogen and oxygen atoms in total. The molecule has 3 aromatic rings. The van der Waals surface area contributed by atoms with E-state index in [1.807, 2.05) is 0 Å². The third-order valence-corrected chi connectivity index (χ3v) is 8.09. The van der Waals surface area contributed by atoms with Crippen molar-refractivity contribution in [3.8, 4) is 5.75 Å². The number of benzene rings is 2. The highest BCUT2D eigenvalue weighted by Crippen LogP contribution is 2.31. The number of fused-ring (bicyclic) bond motifs is 1. The number of phenols is 1. The standard InChI is InChI=1S/C20H25N5O7S3/c1-34(29,30)11-4-12-35(31,32)25-20-19(22-15-5-2-3-6-16(15)23-20)24-17-13-14(27)7-8-18(17)33(28)21-9-10-26/h2-3,5-8,13,21,26-27H,4,9-12H2,1H3,(H,22,24)(H,23,25). The van der Waals surface area contributed by atoms with Gasteiger partial charge in [-0.15, -0.1) is 4.72 Å². The van der Waals surface area contributed by atoms with Gasteiger partial charge in [-0.1, -0.05) is 12.1 Å². The van der Waals surface area contributed by atoms with Gasteiger partial charge in [0.2, 0.25) is 10.0 Å². The average molecular weight is 544 g/mol. The van der Waals surface area contributed by atoms with Gasteiger partial charge in [0.1, 0.15) is 21.3 Å². The molecular formula is C20H25N5O7S3. The fraction of sp³-hybridized carbons (Fsp3) is 0.300. The Bertz CT molecular complexity index is 1400. The first-order valence-electron chi connectivity index (χ1n) is 10.3. The van der Waals surface area contributed by atoms with E-state index < -0.39 is 37.0 Å². The minimum Gasteiger partial charge on any atom is -0.593 e. The van der Waals surface area contributed by atoms with Crippen molar-refractivity contribution in [2.75, 3.05) is 41.0 Å². The van der Waals surface area contributed by atoms with E-state index in [-0.39, 0.29) is 53.3 Å². The van der Waals surface area contributed by atoms with Crippen LogP contribution < -0.4 is 14.8 Å². The van der Waals surface area contributed by atoms with Crippen LogP contribution in [0.25, 0.3) is 11.0 Å². The molecule has 1 unspecified atom stereocenters. The lowest BCUT2D eigenvalue weighted by atomic mass is 10.3. The number of sulfone groups is 1. The highest BCUT2D eigenvalue weighted by atomic mass is 32.2. The minimum absolute atomic E-state index is 0.0265. The molecule has 0 aliphatic carbocycles. The third-order valence-electron chi connectivity index (χ3n) is 4.51. The number of phenolic OH excluding ortho intramolecular Hbond substituents is 1. The Hall–Kier alpha value is -2.69. The van der Waals surface area contributed by atoms with E-state index in [4.69, 9.17) is 5.11 Å². The van der Waals surface area contributed by atoms with Crippen molar-refractivity contribution in [3.63, 3.8) is 0 Å². The first-order chi connectivity index (χ1) is 16.5. The van der Waals surface area contributed by atoms with Crippen LogP contribution >= 0.6 is 0 Å². The average Bonchev–Trinajstić information content (AvgIpc) is 2.76. The summed E-state index contributed by atoms with van der Waals surface area (Å²) in [6, 6.07) is 10.8. The highest BCUT2D eigenvalue weighted by Gasteiger charge is 2.22. The SMILES string of the molecule is CS(=O)(=O)CCCS(=O)(=O)Nc1nc2ccccc2nc1Nc1cc(O)ccc1[S+]([O-])NCCO. The van der Waals surface area contributed by atoms with Crippen LogP contribution in [0.15, 0.2) is 47.4 Å². The number of para-hydroxylation sites is 2. The second kappa shape index (κ2) is 11.4. The molecule has 15 heteroatoms. The predicted molar refractivity (Wildman–Crippen MR) is 134 cm³/mol. The van der Waals surface area contributed by atoms with Crippen molar-refractivity contribution < 1.29 is 31.6 Å². The van der Waals surface area contributed by atoms with Gasteiger partial charge in [-0.2, -0.15) is 0 Å². The molecule has 0 amide bonds. The summed E-state index contributed by atoms with van der Waals surface area (Å²) in [7, 11) is -7.32. The summed E-state index contributed by atoms with van der Waals surface area (Å²) < 4.78 is 65.6. The molecule has 3 rings (SSSR count). The number of nitrogens with one attached hydrogen (secondary N) is 3. The number of aromatic nitrogens is 2. The van der Waals surface area contributed by atoms with E-state index in [1.54, 1.807) is 24.3 Å². The molecular weight excluding hydrogens is 518 g/mol. The maximum Gasteiger partial charge on any atom is 0.234 e. The van der Waals surface area contributed by atoms with Gasteiger partial charge >= 0.3 is 0 Å². The number of aromatic hydroxyl groups is 1. The lowest BCUT2D eigenvalue weighted by Gasteiger charge is -2.17. The highest BCUT2D eigenvalue weighted by molar-refractivity contribution is 7.93. The number of hydrogen-bond acceptors (Lipinski definition) is 11. The Morgan fingerprint density at radius 3 is 2.29 bits per heavy atom. The molecule has 0 aliphatic rings. The van der Waals surface area contributed by atoms with E-state index in [0.29, 0.717) is 11.0 Å². The molecule has 0 aliphatic heterocycles. The monoisotopic (exact) mass is 543 g/mol. The first kappa shape index (κ1) is 26.9. The molecule has 0 bridgehead atoms. The molecule has 0 radical (unpaired) electrons. The Labute approximate surface area is 206 Å². The third kappa shape index (κ3) is 7.91. The van der Waals surface area contributed by atoms with Crippen LogP contribution in [0.3, 0.4) is 0 Å². The van der Waals surface area contributed by atoms with Crippen molar-refractivity contribution >= 4 is 59.6 Å².